The predicted molar refractivity (Wildman–Crippen MR) is 95.6 cm³/mol. The van der Waals surface area contributed by atoms with Gasteiger partial charge in [0.25, 0.3) is 5.91 Å². The van der Waals surface area contributed by atoms with E-state index in [9.17, 15) is 18.4 Å². The van der Waals surface area contributed by atoms with E-state index in [1.807, 2.05) is 0 Å². The van der Waals surface area contributed by atoms with Gasteiger partial charge in [-0.2, -0.15) is 8.78 Å². The number of rotatable bonds is 6. The Morgan fingerprint density at radius 1 is 1.21 bits per heavy atom. The molecule has 0 unspecified atom stereocenters. The molecule has 1 aliphatic heterocycles. The number of halogens is 2. The average Bonchev–Trinajstić information content (AvgIpc) is 3.22. The molecule has 1 saturated heterocycles. The number of benzene rings is 1. The molecule has 28 heavy (non-hydrogen) atoms. The summed E-state index contributed by atoms with van der Waals surface area (Å²) in [5.74, 6) is -0.474. The van der Waals surface area contributed by atoms with Gasteiger partial charge >= 0.3 is 6.61 Å². The highest BCUT2D eigenvalue weighted by Crippen LogP contribution is 2.32. The maximum atomic E-state index is 12.5. The topological polar surface area (TPSA) is 81.0 Å². The molecule has 2 aromatic rings. The van der Waals surface area contributed by atoms with Crippen LogP contribution in [0, 0.1) is 5.92 Å². The molecule has 3 rings (SSSR count). The standard InChI is InChI=1S/C19H20F2N2O5/c1-26-14-5-4-13(11-16(14)28-19(20)21)22-17(24)12-6-8-23(9-7-12)18(25)15-3-2-10-27-15/h2-5,10-12,19H,6-9H2,1H3,(H,22,24). The van der Waals surface area contributed by atoms with Crippen molar-refractivity contribution in [2.45, 2.75) is 19.5 Å². The summed E-state index contributed by atoms with van der Waals surface area (Å²) >= 11 is 0. The second-order valence-electron chi connectivity index (χ2n) is 6.28. The van der Waals surface area contributed by atoms with Crippen LogP contribution in [-0.2, 0) is 4.79 Å². The van der Waals surface area contributed by atoms with Crippen LogP contribution in [0.2, 0.25) is 0 Å². The molecule has 1 aromatic carbocycles. The van der Waals surface area contributed by atoms with Gasteiger partial charge in [0.15, 0.2) is 17.3 Å². The Morgan fingerprint density at radius 2 is 1.96 bits per heavy atom. The molecular formula is C19H20F2N2O5. The molecule has 1 fully saturated rings. The van der Waals surface area contributed by atoms with E-state index in [0.717, 1.165) is 0 Å². The van der Waals surface area contributed by atoms with E-state index in [0.29, 0.717) is 31.6 Å². The lowest BCUT2D eigenvalue weighted by molar-refractivity contribution is -0.121. The number of carbonyl (C=O) groups excluding carboxylic acids is 2. The molecule has 2 heterocycles. The number of ether oxygens (including phenoxy) is 2. The normalized spacial score (nSPS) is 14.8. The van der Waals surface area contributed by atoms with Crippen molar-refractivity contribution in [1.29, 1.82) is 0 Å². The van der Waals surface area contributed by atoms with Crippen molar-refractivity contribution >= 4 is 17.5 Å². The molecule has 150 valence electrons. The summed E-state index contributed by atoms with van der Waals surface area (Å²) in [7, 11) is 1.34. The fourth-order valence-electron chi connectivity index (χ4n) is 3.09. The van der Waals surface area contributed by atoms with E-state index in [4.69, 9.17) is 9.15 Å². The largest absolute Gasteiger partial charge is 0.493 e. The Balaban J connectivity index is 1.58. The van der Waals surface area contributed by atoms with Crippen LogP contribution in [0.1, 0.15) is 23.4 Å². The Morgan fingerprint density at radius 3 is 2.57 bits per heavy atom. The van der Waals surface area contributed by atoms with E-state index in [1.54, 1.807) is 23.1 Å². The van der Waals surface area contributed by atoms with Crippen molar-refractivity contribution in [2.75, 3.05) is 25.5 Å². The number of hydrogen-bond acceptors (Lipinski definition) is 5. The first kappa shape index (κ1) is 19.7. The van der Waals surface area contributed by atoms with Crippen molar-refractivity contribution in [1.82, 2.24) is 4.90 Å². The quantitative estimate of drug-likeness (QED) is 0.812. The van der Waals surface area contributed by atoms with Gasteiger partial charge in [-0.1, -0.05) is 0 Å². The van der Waals surface area contributed by atoms with E-state index < -0.39 is 6.61 Å². The molecular weight excluding hydrogens is 374 g/mol. The number of alkyl halides is 2. The fraction of sp³-hybridized carbons (Fsp3) is 0.368. The maximum Gasteiger partial charge on any atom is 0.387 e. The number of piperidine rings is 1. The number of nitrogens with zero attached hydrogens (tertiary/aromatic N) is 1. The first-order valence-corrected chi connectivity index (χ1v) is 8.74. The molecule has 0 saturated carbocycles. The first-order valence-electron chi connectivity index (χ1n) is 8.74. The van der Waals surface area contributed by atoms with Crippen molar-refractivity contribution in [3.05, 3.63) is 42.4 Å². The summed E-state index contributed by atoms with van der Waals surface area (Å²) in [5, 5.41) is 2.71. The molecule has 1 N–H and O–H groups in total. The summed E-state index contributed by atoms with van der Waals surface area (Å²) in [4.78, 5) is 26.4. The summed E-state index contributed by atoms with van der Waals surface area (Å²) in [6.45, 7) is -2.14. The zero-order chi connectivity index (χ0) is 20.1. The highest BCUT2D eigenvalue weighted by molar-refractivity contribution is 5.94. The SMILES string of the molecule is COc1ccc(NC(=O)C2CCN(C(=O)c3ccco3)CC2)cc1OC(F)F. The van der Waals surface area contributed by atoms with Gasteiger partial charge in [0.1, 0.15) is 0 Å². The molecule has 1 aromatic heterocycles. The third-order valence-corrected chi connectivity index (χ3v) is 4.53. The Labute approximate surface area is 160 Å². The zero-order valence-electron chi connectivity index (χ0n) is 15.2. The van der Waals surface area contributed by atoms with Gasteiger partial charge in [-0.05, 0) is 37.1 Å². The molecule has 9 heteroatoms. The third kappa shape index (κ3) is 4.59. The summed E-state index contributed by atoms with van der Waals surface area (Å²) in [5.41, 5.74) is 0.329. The number of methoxy groups -OCH3 is 1. The zero-order valence-corrected chi connectivity index (χ0v) is 15.2. The fourth-order valence-corrected chi connectivity index (χ4v) is 3.09. The number of amides is 2. The van der Waals surface area contributed by atoms with Crippen LogP contribution in [0.15, 0.2) is 41.0 Å². The van der Waals surface area contributed by atoms with Crippen LogP contribution in [0.25, 0.3) is 0 Å². The van der Waals surface area contributed by atoms with Crippen LogP contribution in [0.3, 0.4) is 0 Å². The second kappa shape index (κ2) is 8.73. The summed E-state index contributed by atoms with van der Waals surface area (Å²) < 4.78 is 39.5. The minimum Gasteiger partial charge on any atom is -0.493 e. The number of anilines is 1. The van der Waals surface area contributed by atoms with Crippen molar-refractivity contribution in [3.63, 3.8) is 0 Å². The van der Waals surface area contributed by atoms with Crippen LogP contribution >= 0.6 is 0 Å². The minimum atomic E-state index is -3.00. The highest BCUT2D eigenvalue weighted by atomic mass is 19.3. The number of nitrogens with one attached hydrogen (secondary N) is 1. The van der Waals surface area contributed by atoms with Gasteiger partial charge in [0, 0.05) is 30.8 Å². The lowest BCUT2D eigenvalue weighted by Gasteiger charge is -2.30. The number of hydrogen-bond donors (Lipinski definition) is 1. The third-order valence-electron chi connectivity index (χ3n) is 4.53. The number of furan rings is 1. The van der Waals surface area contributed by atoms with Gasteiger partial charge < -0.3 is 24.1 Å². The summed E-state index contributed by atoms with van der Waals surface area (Å²) in [6, 6.07) is 7.53. The van der Waals surface area contributed by atoms with E-state index in [2.05, 4.69) is 10.1 Å². The molecule has 7 nitrogen and oxygen atoms in total. The Bertz CT molecular complexity index is 818. The van der Waals surface area contributed by atoms with Crippen molar-refractivity contribution in [2.24, 2.45) is 5.92 Å². The minimum absolute atomic E-state index is 0.142. The molecule has 2 amide bonds. The first-order chi connectivity index (χ1) is 13.5. The van der Waals surface area contributed by atoms with Gasteiger partial charge in [-0.3, -0.25) is 9.59 Å². The van der Waals surface area contributed by atoms with Crippen LogP contribution < -0.4 is 14.8 Å². The molecule has 0 radical (unpaired) electrons. The van der Waals surface area contributed by atoms with E-state index in [1.165, 1.54) is 25.5 Å². The predicted octanol–water partition coefficient (Wildman–Crippen LogP) is 3.38. The molecule has 0 atom stereocenters. The monoisotopic (exact) mass is 394 g/mol. The smallest absolute Gasteiger partial charge is 0.387 e. The Kier molecular flexibility index (Phi) is 6.13. The van der Waals surface area contributed by atoms with Crippen LogP contribution in [-0.4, -0.2) is 43.5 Å². The van der Waals surface area contributed by atoms with E-state index in [-0.39, 0.29) is 35.0 Å². The van der Waals surface area contributed by atoms with Crippen LogP contribution in [0.4, 0.5) is 14.5 Å². The maximum absolute atomic E-state index is 12.5. The average molecular weight is 394 g/mol. The van der Waals surface area contributed by atoms with Crippen molar-refractivity contribution < 1.29 is 32.3 Å². The summed E-state index contributed by atoms with van der Waals surface area (Å²) in [6.07, 6.45) is 2.43. The van der Waals surface area contributed by atoms with Gasteiger partial charge in [0.05, 0.1) is 13.4 Å². The highest BCUT2D eigenvalue weighted by Gasteiger charge is 2.29. The van der Waals surface area contributed by atoms with Gasteiger partial charge in [-0.15, -0.1) is 0 Å². The lowest BCUT2D eigenvalue weighted by Crippen LogP contribution is -2.41. The van der Waals surface area contributed by atoms with Crippen LogP contribution in [0.5, 0.6) is 11.5 Å². The second-order valence-corrected chi connectivity index (χ2v) is 6.28. The molecule has 1 aliphatic rings. The molecule has 0 spiro atoms. The molecule has 0 bridgehead atoms. The number of carbonyl (C=O) groups is 2. The molecule has 0 aliphatic carbocycles. The van der Waals surface area contributed by atoms with Crippen molar-refractivity contribution in [3.8, 4) is 11.5 Å². The lowest BCUT2D eigenvalue weighted by atomic mass is 9.95. The van der Waals surface area contributed by atoms with E-state index >= 15 is 0 Å². The number of likely N-dealkylation sites (tertiary alicyclic amines) is 1. The van der Waals surface area contributed by atoms with Gasteiger partial charge in [-0.25, -0.2) is 0 Å². The Hall–Kier alpha value is -3.10. The van der Waals surface area contributed by atoms with Gasteiger partial charge in [0.2, 0.25) is 5.91 Å².